The van der Waals surface area contributed by atoms with E-state index in [9.17, 15) is 19.8 Å². The predicted molar refractivity (Wildman–Crippen MR) is 219 cm³/mol. The van der Waals surface area contributed by atoms with Gasteiger partial charge in [0.1, 0.15) is 23.7 Å². The smallest absolute Gasteiger partial charge is 1.00 e. The molecule has 302 valence electrons. The number of amides is 2. The second kappa shape index (κ2) is 32.8. The van der Waals surface area contributed by atoms with Crippen LogP contribution >= 0.6 is 39.1 Å². The molecular formula is C39H39BrCl2K2N6O9. The van der Waals surface area contributed by atoms with Crippen LogP contribution in [0, 0.1) is 35.8 Å². The van der Waals surface area contributed by atoms with Crippen LogP contribution in [0.3, 0.4) is 0 Å². The molecule has 4 aromatic rings. The Bertz CT molecular complexity index is 2110. The molecule has 0 bridgehead atoms. The molecular weight excluding hydrogens is 925 g/mol. The first kappa shape index (κ1) is 62.7. The molecule has 5 N–H and O–H groups in total. The van der Waals surface area contributed by atoms with Gasteiger partial charge in [0.25, 0.3) is 18.3 Å². The van der Waals surface area contributed by atoms with Crippen LogP contribution in [0.2, 0.25) is 10.0 Å². The summed E-state index contributed by atoms with van der Waals surface area (Å²) in [7, 11) is 0. The number of nitriles is 2. The van der Waals surface area contributed by atoms with Crippen molar-refractivity contribution < 1.29 is 149 Å². The van der Waals surface area contributed by atoms with Gasteiger partial charge in [0.05, 0.1) is 36.4 Å². The number of carbonyl (C=O) groups excluding carboxylic acids is 3. The molecule has 0 aromatic heterocycles. The third-order valence-electron chi connectivity index (χ3n) is 6.43. The van der Waals surface area contributed by atoms with Crippen molar-refractivity contribution in [1.82, 2.24) is 0 Å². The second-order valence-corrected chi connectivity index (χ2v) is 12.3. The SMILES string of the molecule is C.C.N#Cc1ccc(O)cc1.O=CO[O-].[C-]#[N+]c1ccc(NC(=O)[C@@](C)(O)CBr)cc1Cl.[C-]#[N+]c1ccc(NC(=O)[C@@](C)(O)COc2ccc(C#N)cc2)cc1Cl.[H-].[K+].[K+]. The fraction of sp³-hybridized carbons (Fsp3) is 0.205. The van der Waals surface area contributed by atoms with Gasteiger partial charge in [-0.15, -0.1) is 0 Å². The summed E-state index contributed by atoms with van der Waals surface area (Å²) >= 11 is 14.8. The van der Waals surface area contributed by atoms with Gasteiger partial charge >= 0.3 is 103 Å². The Balaban J connectivity index is -0.000000251. The molecule has 20 heteroatoms. The van der Waals surface area contributed by atoms with Crippen LogP contribution in [0.15, 0.2) is 84.9 Å². The summed E-state index contributed by atoms with van der Waals surface area (Å²) in [5, 5.41) is 59.8. The average Bonchev–Trinajstić information content (AvgIpc) is 3.18. The molecule has 0 fully saturated rings. The Morgan fingerprint density at radius 3 is 1.53 bits per heavy atom. The number of hydrogen-bond donors (Lipinski definition) is 5. The minimum atomic E-state index is -1.79. The largest absolute Gasteiger partial charge is 1.00 e. The Hall–Kier alpha value is -2.94. The first-order valence-electron chi connectivity index (χ1n) is 15.0. The van der Waals surface area contributed by atoms with Crippen LogP contribution in [0.25, 0.3) is 9.69 Å². The number of halogens is 3. The summed E-state index contributed by atoms with van der Waals surface area (Å²) < 4.78 is 5.40. The van der Waals surface area contributed by atoms with Gasteiger partial charge in [0.15, 0.2) is 5.60 Å². The van der Waals surface area contributed by atoms with E-state index in [4.69, 9.17) is 66.8 Å². The molecule has 4 rings (SSSR count). The number of nitrogens with zero attached hydrogens (tertiary/aromatic N) is 4. The molecule has 15 nitrogen and oxygen atoms in total. The molecule has 0 heterocycles. The number of rotatable bonds is 9. The Kier molecular flexibility index (Phi) is 34.8. The number of nitrogens with one attached hydrogen (secondary N) is 2. The fourth-order valence-corrected chi connectivity index (χ4v) is 4.09. The predicted octanol–water partition coefficient (Wildman–Crippen LogP) is 1.60. The van der Waals surface area contributed by atoms with Crippen LogP contribution in [0.4, 0.5) is 22.7 Å². The number of aliphatic hydroxyl groups is 2. The fourth-order valence-electron chi connectivity index (χ4n) is 3.39. The van der Waals surface area contributed by atoms with Crippen molar-refractivity contribution >= 4 is 80.2 Å². The zero-order valence-corrected chi connectivity index (χ0v) is 40.1. The van der Waals surface area contributed by atoms with Gasteiger partial charge in [-0.2, -0.15) is 10.5 Å². The van der Waals surface area contributed by atoms with E-state index in [0.29, 0.717) is 33.9 Å². The van der Waals surface area contributed by atoms with Crippen LogP contribution in [0.1, 0.15) is 41.3 Å². The van der Waals surface area contributed by atoms with E-state index < -0.39 is 23.0 Å². The number of alkyl halides is 1. The van der Waals surface area contributed by atoms with Crippen molar-refractivity contribution in [1.29, 1.82) is 10.5 Å². The minimum Gasteiger partial charge on any atom is -1.00 e. The van der Waals surface area contributed by atoms with Gasteiger partial charge in [-0.3, -0.25) is 14.4 Å². The maximum atomic E-state index is 12.2. The maximum absolute atomic E-state index is 12.2. The maximum Gasteiger partial charge on any atom is 1.00 e. The van der Waals surface area contributed by atoms with Gasteiger partial charge in [-0.05, 0) is 86.6 Å². The number of aromatic hydroxyl groups is 1. The Morgan fingerprint density at radius 1 is 0.831 bits per heavy atom. The van der Waals surface area contributed by atoms with Gasteiger partial charge in [-0.1, -0.05) is 66.1 Å². The zero-order chi connectivity index (χ0) is 41.6. The van der Waals surface area contributed by atoms with E-state index in [1.807, 2.05) is 12.1 Å². The molecule has 0 aliphatic carbocycles. The molecule has 0 saturated carbocycles. The van der Waals surface area contributed by atoms with Crippen molar-refractivity contribution in [2.75, 3.05) is 22.6 Å². The average molecular weight is 965 g/mol. The first-order chi connectivity index (χ1) is 26.0. The van der Waals surface area contributed by atoms with Gasteiger partial charge < -0.3 is 42.3 Å². The molecule has 4 aromatic carbocycles. The summed E-state index contributed by atoms with van der Waals surface area (Å²) in [6.07, 6.45) is 0. The van der Waals surface area contributed by atoms with Crippen molar-refractivity contribution in [3.05, 3.63) is 129 Å². The van der Waals surface area contributed by atoms with Crippen LogP contribution in [-0.4, -0.2) is 56.7 Å². The van der Waals surface area contributed by atoms with Crippen molar-refractivity contribution in [3.8, 4) is 23.6 Å². The third kappa shape index (κ3) is 23.6. The van der Waals surface area contributed by atoms with Crippen LogP contribution in [0.5, 0.6) is 11.5 Å². The minimum absolute atomic E-state index is 0. The van der Waals surface area contributed by atoms with Crippen molar-refractivity contribution in [2.24, 2.45) is 0 Å². The molecule has 59 heavy (non-hydrogen) atoms. The number of carbonyl (C=O) groups is 3. The first-order valence-corrected chi connectivity index (χ1v) is 16.9. The number of ether oxygens (including phenoxy) is 1. The molecule has 0 aliphatic rings. The Morgan fingerprint density at radius 2 is 1.20 bits per heavy atom. The number of hydrogen-bond acceptors (Lipinski definition) is 11. The third-order valence-corrected chi connectivity index (χ3v) is 8.13. The Labute approximate surface area is 448 Å². The summed E-state index contributed by atoms with van der Waals surface area (Å²) in [5.74, 6) is -0.598. The molecule has 2 atom stereocenters. The van der Waals surface area contributed by atoms with Crippen molar-refractivity contribution in [3.63, 3.8) is 0 Å². The van der Waals surface area contributed by atoms with Crippen molar-refractivity contribution in [2.45, 2.75) is 39.9 Å². The summed E-state index contributed by atoms with van der Waals surface area (Å²) in [4.78, 5) is 41.6. The van der Waals surface area contributed by atoms with Gasteiger partial charge in [0, 0.05) is 26.8 Å². The molecule has 0 unspecified atom stereocenters. The van der Waals surface area contributed by atoms with E-state index >= 15 is 0 Å². The molecule has 0 aliphatic heterocycles. The molecule has 0 spiro atoms. The van der Waals surface area contributed by atoms with E-state index in [0.717, 1.165) is 0 Å². The quantitative estimate of drug-likeness (QED) is 0.0404. The number of phenolic OH excluding ortho intramolecular Hbond substituents is 1. The van der Waals surface area contributed by atoms with Gasteiger partial charge in [0.2, 0.25) is 11.4 Å². The number of anilines is 2. The summed E-state index contributed by atoms with van der Waals surface area (Å²) in [6.45, 7) is 16.0. The van der Waals surface area contributed by atoms with Crippen LogP contribution in [-0.2, 0) is 19.3 Å². The molecule has 2 amide bonds. The van der Waals surface area contributed by atoms with Gasteiger partial charge in [-0.25, -0.2) is 9.69 Å². The van der Waals surface area contributed by atoms with E-state index in [2.05, 4.69) is 41.1 Å². The van der Waals surface area contributed by atoms with E-state index in [-0.39, 0.29) is 159 Å². The molecule has 0 radical (unpaired) electrons. The zero-order valence-electron chi connectivity index (χ0n) is 31.8. The number of phenols is 1. The number of benzene rings is 4. The van der Waals surface area contributed by atoms with Crippen LogP contribution < -0.4 is 123 Å². The standard InChI is InChI=1S/C18H14ClN3O3.C11H10BrClN2O2.C7H5NO.CH2O3.2CH4.2K.H/c1-18(24,11-25-14-6-3-12(10-20)4-7-14)17(23)22-13-5-8-16(21-2)15(19)9-13;1-11(17,6-12)10(16)15-7-3-4-9(14-2)8(13)5-7;8-5-6-1-3-7(9)4-2-6;2-1-4-3;;;;;/h3-9,24H,11H2,1H3,(H,22,23);3-5,17H,6H2,1H3,(H,15,16);1-4,9H;1,3H;2*1H4;;;/q;;;;;;2*+1;-1/p-1/t18-;11-;;;;;;;/m00......./s1. The van der Waals surface area contributed by atoms with E-state index in [1.165, 1.54) is 56.3 Å². The summed E-state index contributed by atoms with van der Waals surface area (Å²) in [5.41, 5.74) is -0.851. The second-order valence-electron chi connectivity index (χ2n) is 10.9. The summed E-state index contributed by atoms with van der Waals surface area (Å²) in [6, 6.07) is 25.3. The topological polar surface area (TPSA) is 234 Å². The normalized spacial score (nSPS) is 10.8. The van der Waals surface area contributed by atoms with E-state index in [1.54, 1.807) is 42.5 Å². The monoisotopic (exact) mass is 962 g/mol. The molecule has 0 saturated heterocycles.